The third-order valence-corrected chi connectivity index (χ3v) is 3.20. The summed E-state index contributed by atoms with van der Waals surface area (Å²) in [5.74, 6) is -1.20. The molecule has 0 heterocycles. The van der Waals surface area contributed by atoms with Crippen molar-refractivity contribution in [2.45, 2.75) is 0 Å². The summed E-state index contributed by atoms with van der Waals surface area (Å²) in [6.45, 7) is 0. The zero-order valence-corrected chi connectivity index (χ0v) is 12.4. The number of halogens is 2. The molecule has 0 aromatic heterocycles. The number of rotatable bonds is 3. The quantitative estimate of drug-likeness (QED) is 0.672. The number of carbonyl (C=O) groups is 1. The molecule has 0 unspecified atom stereocenters. The predicted molar refractivity (Wildman–Crippen MR) is 82.8 cm³/mol. The Morgan fingerprint density at radius 3 is 2.48 bits per heavy atom. The second-order valence-electron chi connectivity index (χ2n) is 4.16. The molecule has 0 radical (unpaired) electrons. The van der Waals surface area contributed by atoms with Crippen LogP contribution in [0, 0.1) is 17.1 Å². The van der Waals surface area contributed by atoms with E-state index in [1.54, 1.807) is 30.3 Å². The smallest absolute Gasteiger partial charge is 0.266 e. The first-order valence-corrected chi connectivity index (χ1v) is 6.82. The van der Waals surface area contributed by atoms with Crippen LogP contribution in [0.1, 0.15) is 5.56 Å². The topological polar surface area (TPSA) is 52.9 Å². The lowest BCUT2D eigenvalue weighted by molar-refractivity contribution is -0.112. The van der Waals surface area contributed by atoms with E-state index in [1.165, 1.54) is 24.3 Å². The molecule has 0 bridgehead atoms. The molecule has 0 aliphatic carbocycles. The number of amides is 1. The van der Waals surface area contributed by atoms with E-state index >= 15 is 0 Å². The number of para-hydroxylation sites is 1. The first-order chi connectivity index (χ1) is 10.1. The molecular formula is C16H10BrFN2O. The second kappa shape index (κ2) is 6.82. The molecule has 2 aromatic carbocycles. The van der Waals surface area contributed by atoms with E-state index < -0.39 is 11.7 Å². The minimum Gasteiger partial charge on any atom is -0.319 e. The number of carbonyl (C=O) groups excluding carboxylic acids is 1. The van der Waals surface area contributed by atoms with Crippen molar-refractivity contribution in [3.8, 4) is 6.07 Å². The molecule has 0 aliphatic rings. The van der Waals surface area contributed by atoms with Crippen molar-refractivity contribution >= 4 is 33.6 Å². The SMILES string of the molecule is N#C/C(=C\c1ccc(Br)cc1)C(=O)Nc1ccccc1F. The van der Waals surface area contributed by atoms with Gasteiger partial charge in [0.15, 0.2) is 0 Å². The van der Waals surface area contributed by atoms with Crippen LogP contribution in [0.15, 0.2) is 58.6 Å². The lowest BCUT2D eigenvalue weighted by Crippen LogP contribution is -2.14. The van der Waals surface area contributed by atoms with Gasteiger partial charge < -0.3 is 5.32 Å². The van der Waals surface area contributed by atoms with E-state index in [-0.39, 0.29) is 11.3 Å². The first kappa shape index (κ1) is 14.9. The first-order valence-electron chi connectivity index (χ1n) is 6.03. The zero-order chi connectivity index (χ0) is 15.2. The van der Waals surface area contributed by atoms with Crippen molar-refractivity contribution in [2.75, 3.05) is 5.32 Å². The standard InChI is InChI=1S/C16H10BrFN2O/c17-13-7-5-11(6-8-13)9-12(10-19)16(21)20-15-4-2-1-3-14(15)18/h1-9H,(H,20,21)/b12-9+. The molecule has 0 saturated carbocycles. The lowest BCUT2D eigenvalue weighted by atomic mass is 10.1. The van der Waals surface area contributed by atoms with Gasteiger partial charge >= 0.3 is 0 Å². The van der Waals surface area contributed by atoms with Crippen molar-refractivity contribution in [3.05, 3.63) is 70.0 Å². The lowest BCUT2D eigenvalue weighted by Gasteiger charge is -2.05. The Bertz CT molecular complexity index is 733. The number of anilines is 1. The van der Waals surface area contributed by atoms with Gasteiger partial charge in [-0.05, 0) is 35.9 Å². The van der Waals surface area contributed by atoms with E-state index in [9.17, 15) is 9.18 Å². The minimum absolute atomic E-state index is 0.0412. The van der Waals surface area contributed by atoms with E-state index in [0.29, 0.717) is 5.56 Å². The van der Waals surface area contributed by atoms with Crippen LogP contribution in [0.5, 0.6) is 0 Å². The normalized spacial score (nSPS) is 10.8. The molecule has 21 heavy (non-hydrogen) atoms. The van der Waals surface area contributed by atoms with Crippen LogP contribution in [0.3, 0.4) is 0 Å². The molecule has 5 heteroatoms. The minimum atomic E-state index is -0.648. The van der Waals surface area contributed by atoms with Gasteiger partial charge in [0.1, 0.15) is 17.5 Å². The van der Waals surface area contributed by atoms with Gasteiger partial charge in [-0.3, -0.25) is 4.79 Å². The summed E-state index contributed by atoms with van der Waals surface area (Å²) in [4.78, 5) is 12.0. The maximum Gasteiger partial charge on any atom is 0.266 e. The summed E-state index contributed by atoms with van der Waals surface area (Å²) in [5.41, 5.74) is 0.651. The highest BCUT2D eigenvalue weighted by atomic mass is 79.9. The van der Waals surface area contributed by atoms with Crippen molar-refractivity contribution in [3.63, 3.8) is 0 Å². The number of nitriles is 1. The average molecular weight is 345 g/mol. The zero-order valence-electron chi connectivity index (χ0n) is 10.8. The number of benzene rings is 2. The van der Waals surface area contributed by atoms with Crippen molar-refractivity contribution in [1.82, 2.24) is 0 Å². The maximum atomic E-state index is 13.5. The van der Waals surface area contributed by atoms with Crippen LogP contribution in [-0.2, 0) is 4.79 Å². The molecule has 104 valence electrons. The fourth-order valence-electron chi connectivity index (χ4n) is 1.63. The third kappa shape index (κ3) is 4.01. The van der Waals surface area contributed by atoms with Crippen molar-refractivity contribution < 1.29 is 9.18 Å². The van der Waals surface area contributed by atoms with E-state index in [4.69, 9.17) is 5.26 Å². The fraction of sp³-hybridized carbons (Fsp3) is 0. The summed E-state index contributed by atoms with van der Waals surface area (Å²) in [7, 11) is 0. The maximum absolute atomic E-state index is 13.5. The Labute approximate surface area is 129 Å². The van der Waals surface area contributed by atoms with Crippen LogP contribution < -0.4 is 5.32 Å². The number of nitrogens with zero attached hydrogens (tertiary/aromatic N) is 1. The molecule has 0 spiro atoms. The molecule has 3 nitrogen and oxygen atoms in total. The van der Waals surface area contributed by atoms with Gasteiger partial charge in [-0.1, -0.05) is 40.2 Å². The molecule has 1 amide bonds. The molecule has 0 saturated heterocycles. The van der Waals surface area contributed by atoms with Crippen molar-refractivity contribution in [1.29, 1.82) is 5.26 Å². The molecule has 2 aromatic rings. The predicted octanol–water partition coefficient (Wildman–Crippen LogP) is 4.13. The van der Waals surface area contributed by atoms with Gasteiger partial charge in [0.25, 0.3) is 5.91 Å². The van der Waals surface area contributed by atoms with E-state index in [1.807, 2.05) is 6.07 Å². The van der Waals surface area contributed by atoms with Gasteiger partial charge in [-0.15, -0.1) is 0 Å². The molecular weight excluding hydrogens is 335 g/mol. The van der Waals surface area contributed by atoms with Crippen LogP contribution in [0.2, 0.25) is 0 Å². The summed E-state index contributed by atoms with van der Waals surface area (Å²) in [5, 5.41) is 11.5. The molecule has 1 N–H and O–H groups in total. The average Bonchev–Trinajstić information content (AvgIpc) is 2.49. The highest BCUT2D eigenvalue weighted by Gasteiger charge is 2.11. The molecule has 0 fully saturated rings. The Balaban J connectivity index is 2.21. The largest absolute Gasteiger partial charge is 0.319 e. The fourth-order valence-corrected chi connectivity index (χ4v) is 1.89. The second-order valence-corrected chi connectivity index (χ2v) is 5.07. The number of hydrogen-bond donors (Lipinski definition) is 1. The molecule has 2 rings (SSSR count). The van der Waals surface area contributed by atoms with Gasteiger partial charge in [0.05, 0.1) is 5.69 Å². The van der Waals surface area contributed by atoms with Gasteiger partial charge in [-0.2, -0.15) is 5.26 Å². The number of nitrogens with one attached hydrogen (secondary N) is 1. The Hall–Kier alpha value is -2.45. The van der Waals surface area contributed by atoms with Crippen LogP contribution >= 0.6 is 15.9 Å². The summed E-state index contributed by atoms with van der Waals surface area (Å²) in [6.07, 6.45) is 1.45. The van der Waals surface area contributed by atoms with Crippen LogP contribution in [-0.4, -0.2) is 5.91 Å². The summed E-state index contributed by atoms with van der Waals surface area (Å²) < 4.78 is 14.4. The Kier molecular flexibility index (Phi) is 4.85. The Morgan fingerprint density at radius 1 is 1.19 bits per heavy atom. The summed E-state index contributed by atoms with van der Waals surface area (Å²) >= 11 is 3.30. The van der Waals surface area contributed by atoms with E-state index in [0.717, 1.165) is 4.47 Å². The van der Waals surface area contributed by atoms with Gasteiger partial charge in [0.2, 0.25) is 0 Å². The monoisotopic (exact) mass is 344 g/mol. The number of hydrogen-bond acceptors (Lipinski definition) is 2. The third-order valence-electron chi connectivity index (χ3n) is 2.67. The van der Waals surface area contributed by atoms with Crippen LogP contribution in [0.25, 0.3) is 6.08 Å². The Morgan fingerprint density at radius 2 is 1.86 bits per heavy atom. The molecule has 0 atom stereocenters. The highest BCUT2D eigenvalue weighted by Crippen LogP contribution is 2.16. The van der Waals surface area contributed by atoms with Crippen molar-refractivity contribution in [2.24, 2.45) is 0 Å². The molecule has 0 aliphatic heterocycles. The van der Waals surface area contributed by atoms with Gasteiger partial charge in [0, 0.05) is 4.47 Å². The summed E-state index contributed by atoms with van der Waals surface area (Å²) in [6, 6.07) is 14.7. The van der Waals surface area contributed by atoms with E-state index in [2.05, 4.69) is 21.2 Å². The van der Waals surface area contributed by atoms with Gasteiger partial charge in [-0.25, -0.2) is 4.39 Å². The highest BCUT2D eigenvalue weighted by molar-refractivity contribution is 9.10. The van der Waals surface area contributed by atoms with Crippen LogP contribution in [0.4, 0.5) is 10.1 Å².